The second-order valence-electron chi connectivity index (χ2n) is 4.90. The molecule has 2 aliphatic rings. The zero-order valence-electron chi connectivity index (χ0n) is 9.45. The van der Waals surface area contributed by atoms with Gasteiger partial charge < -0.3 is 10.6 Å². The minimum Gasteiger partial charge on any atom is -0.353 e. The Balaban J connectivity index is 0.00000112. The predicted molar refractivity (Wildman–Crippen MR) is 63.1 cm³/mol. The molecule has 0 spiro atoms. The lowest BCUT2D eigenvalue weighted by Crippen LogP contribution is -2.43. The van der Waals surface area contributed by atoms with Gasteiger partial charge in [-0.2, -0.15) is 0 Å². The van der Waals surface area contributed by atoms with E-state index < -0.39 is 0 Å². The van der Waals surface area contributed by atoms with Crippen LogP contribution in [0.15, 0.2) is 0 Å². The van der Waals surface area contributed by atoms with Crippen LogP contribution >= 0.6 is 12.4 Å². The third-order valence-corrected chi connectivity index (χ3v) is 3.43. The van der Waals surface area contributed by atoms with E-state index in [4.69, 9.17) is 0 Å². The van der Waals surface area contributed by atoms with Crippen molar-refractivity contribution in [3.63, 3.8) is 0 Å². The van der Waals surface area contributed by atoms with Crippen LogP contribution in [-0.2, 0) is 4.79 Å². The molecular weight excluding hydrogens is 212 g/mol. The fourth-order valence-electron chi connectivity index (χ4n) is 2.19. The van der Waals surface area contributed by atoms with Crippen molar-refractivity contribution in [3.05, 3.63) is 0 Å². The van der Waals surface area contributed by atoms with Gasteiger partial charge in [0, 0.05) is 18.0 Å². The van der Waals surface area contributed by atoms with Gasteiger partial charge in [-0.3, -0.25) is 4.79 Å². The molecule has 1 saturated heterocycles. The van der Waals surface area contributed by atoms with E-state index in [0.717, 1.165) is 19.4 Å². The highest BCUT2D eigenvalue weighted by Crippen LogP contribution is 2.29. The molecule has 3 nitrogen and oxygen atoms in total. The van der Waals surface area contributed by atoms with E-state index in [0.29, 0.717) is 18.0 Å². The normalized spacial score (nSPS) is 39.1. The highest BCUT2D eigenvalue weighted by atomic mass is 35.5. The lowest BCUT2D eigenvalue weighted by Gasteiger charge is -2.27. The van der Waals surface area contributed by atoms with Crippen molar-refractivity contribution in [2.24, 2.45) is 11.8 Å². The highest BCUT2D eigenvalue weighted by Gasteiger charge is 2.36. The van der Waals surface area contributed by atoms with Crippen LogP contribution in [0.25, 0.3) is 0 Å². The average molecular weight is 233 g/mol. The summed E-state index contributed by atoms with van der Waals surface area (Å²) < 4.78 is 0. The quantitative estimate of drug-likeness (QED) is 0.754. The van der Waals surface area contributed by atoms with Gasteiger partial charge in [-0.1, -0.05) is 6.92 Å². The van der Waals surface area contributed by atoms with Crippen molar-refractivity contribution >= 4 is 18.3 Å². The topological polar surface area (TPSA) is 41.1 Å². The fraction of sp³-hybridized carbons (Fsp3) is 0.909. The molecule has 1 heterocycles. The molecule has 0 aromatic rings. The molecule has 1 saturated carbocycles. The first-order chi connectivity index (χ1) is 6.66. The largest absolute Gasteiger partial charge is 0.353 e. The number of piperidine rings is 1. The Morgan fingerprint density at radius 1 is 1.33 bits per heavy atom. The van der Waals surface area contributed by atoms with Gasteiger partial charge in [0.25, 0.3) is 0 Å². The molecule has 4 heteroatoms. The number of halogens is 1. The van der Waals surface area contributed by atoms with Crippen LogP contribution in [0.3, 0.4) is 0 Å². The first-order valence-electron chi connectivity index (χ1n) is 5.70. The van der Waals surface area contributed by atoms with Crippen LogP contribution in [0.1, 0.15) is 33.1 Å². The summed E-state index contributed by atoms with van der Waals surface area (Å²) in [7, 11) is 0. The molecule has 88 valence electrons. The van der Waals surface area contributed by atoms with Crippen LogP contribution < -0.4 is 10.6 Å². The second-order valence-corrected chi connectivity index (χ2v) is 4.90. The first-order valence-corrected chi connectivity index (χ1v) is 5.70. The number of hydrogen-bond acceptors (Lipinski definition) is 2. The van der Waals surface area contributed by atoms with E-state index in [9.17, 15) is 4.79 Å². The number of amides is 1. The van der Waals surface area contributed by atoms with Crippen LogP contribution in [0.2, 0.25) is 0 Å². The van der Waals surface area contributed by atoms with E-state index in [1.54, 1.807) is 0 Å². The van der Waals surface area contributed by atoms with Crippen LogP contribution in [0.4, 0.5) is 0 Å². The minimum atomic E-state index is 0. The molecule has 0 radical (unpaired) electrons. The summed E-state index contributed by atoms with van der Waals surface area (Å²) in [5, 5.41) is 6.49. The van der Waals surface area contributed by atoms with Crippen LogP contribution in [0.5, 0.6) is 0 Å². The van der Waals surface area contributed by atoms with Crippen molar-refractivity contribution in [2.75, 3.05) is 6.54 Å². The van der Waals surface area contributed by atoms with E-state index in [1.165, 1.54) is 6.42 Å². The third kappa shape index (κ3) is 3.35. The van der Waals surface area contributed by atoms with Gasteiger partial charge in [-0.25, -0.2) is 0 Å². The van der Waals surface area contributed by atoms with Gasteiger partial charge in [0.1, 0.15) is 0 Å². The van der Waals surface area contributed by atoms with E-state index >= 15 is 0 Å². The maximum atomic E-state index is 11.8. The molecule has 0 aromatic carbocycles. The molecule has 2 unspecified atom stereocenters. The SMILES string of the molecule is CC1CC1NC(=O)[C@H]1CCN[C@@H](C)C1.Cl. The van der Waals surface area contributed by atoms with Crippen LogP contribution in [-0.4, -0.2) is 24.5 Å². The number of carbonyl (C=O) groups is 1. The molecule has 1 amide bonds. The molecule has 2 fully saturated rings. The Morgan fingerprint density at radius 2 is 2.00 bits per heavy atom. The van der Waals surface area contributed by atoms with E-state index in [1.807, 2.05) is 0 Å². The summed E-state index contributed by atoms with van der Waals surface area (Å²) in [6, 6.07) is 0.976. The number of rotatable bonds is 2. The summed E-state index contributed by atoms with van der Waals surface area (Å²) in [4.78, 5) is 11.8. The zero-order chi connectivity index (χ0) is 10.1. The summed E-state index contributed by atoms with van der Waals surface area (Å²) in [6.07, 6.45) is 3.16. The Bertz CT molecular complexity index is 235. The maximum Gasteiger partial charge on any atom is 0.223 e. The summed E-state index contributed by atoms with van der Waals surface area (Å²) >= 11 is 0. The van der Waals surface area contributed by atoms with Gasteiger partial charge in [-0.15, -0.1) is 12.4 Å². The Hall–Kier alpha value is -0.280. The average Bonchev–Trinajstić information content (AvgIpc) is 2.81. The third-order valence-electron chi connectivity index (χ3n) is 3.43. The molecule has 0 bridgehead atoms. The van der Waals surface area contributed by atoms with Crippen LogP contribution in [0, 0.1) is 11.8 Å². The molecule has 1 aliphatic carbocycles. The predicted octanol–water partition coefficient (Wildman–Crippen LogP) is 1.32. The van der Waals surface area contributed by atoms with E-state index in [2.05, 4.69) is 24.5 Å². The Morgan fingerprint density at radius 3 is 2.53 bits per heavy atom. The van der Waals surface area contributed by atoms with Crippen molar-refractivity contribution in [2.45, 2.75) is 45.2 Å². The van der Waals surface area contributed by atoms with Gasteiger partial charge >= 0.3 is 0 Å². The fourth-order valence-corrected chi connectivity index (χ4v) is 2.19. The monoisotopic (exact) mass is 232 g/mol. The molecule has 0 aromatic heterocycles. The smallest absolute Gasteiger partial charge is 0.223 e. The summed E-state index contributed by atoms with van der Waals surface area (Å²) in [5.41, 5.74) is 0. The Kier molecular flexibility index (Phi) is 4.41. The summed E-state index contributed by atoms with van der Waals surface area (Å²) in [5.74, 6) is 1.24. The number of hydrogen-bond donors (Lipinski definition) is 2. The minimum absolute atomic E-state index is 0. The lowest BCUT2D eigenvalue weighted by atomic mass is 9.92. The van der Waals surface area contributed by atoms with Crippen molar-refractivity contribution in [3.8, 4) is 0 Å². The van der Waals surface area contributed by atoms with E-state index in [-0.39, 0.29) is 24.2 Å². The second kappa shape index (κ2) is 5.17. The number of nitrogens with one attached hydrogen (secondary N) is 2. The van der Waals surface area contributed by atoms with Gasteiger partial charge in [0.2, 0.25) is 5.91 Å². The zero-order valence-corrected chi connectivity index (χ0v) is 10.3. The lowest BCUT2D eigenvalue weighted by molar-refractivity contribution is -0.126. The molecule has 4 atom stereocenters. The summed E-state index contributed by atoms with van der Waals surface area (Å²) in [6.45, 7) is 5.33. The Labute approximate surface area is 97.8 Å². The molecular formula is C11H21ClN2O. The van der Waals surface area contributed by atoms with Crippen molar-refractivity contribution in [1.29, 1.82) is 0 Å². The van der Waals surface area contributed by atoms with Crippen molar-refractivity contribution < 1.29 is 4.79 Å². The molecule has 2 N–H and O–H groups in total. The van der Waals surface area contributed by atoms with Gasteiger partial charge in [0.05, 0.1) is 0 Å². The van der Waals surface area contributed by atoms with Gasteiger partial charge in [0.15, 0.2) is 0 Å². The molecule has 15 heavy (non-hydrogen) atoms. The van der Waals surface area contributed by atoms with Gasteiger partial charge in [-0.05, 0) is 38.6 Å². The molecule has 1 aliphatic heterocycles. The first kappa shape index (κ1) is 12.8. The number of carbonyl (C=O) groups excluding carboxylic acids is 1. The molecule has 2 rings (SSSR count). The highest BCUT2D eigenvalue weighted by molar-refractivity contribution is 5.85. The maximum absolute atomic E-state index is 11.8. The van der Waals surface area contributed by atoms with Crippen molar-refractivity contribution in [1.82, 2.24) is 10.6 Å². The standard InChI is InChI=1S/C11H20N2O.ClH/c1-7-5-10(7)13-11(14)9-3-4-12-8(2)6-9;/h7-10,12H,3-6H2,1-2H3,(H,13,14);1H/t7?,8-,9-,10?;/m0./s1.